The molecule has 84 valence electrons. The average Bonchev–Trinajstić information content (AvgIpc) is 2.60. The summed E-state index contributed by atoms with van der Waals surface area (Å²) < 4.78 is 2.02. The van der Waals surface area contributed by atoms with Gasteiger partial charge in [0, 0.05) is 18.8 Å². The van der Waals surface area contributed by atoms with Crippen LogP contribution < -0.4 is 5.32 Å². The van der Waals surface area contributed by atoms with Crippen LogP contribution in [0.3, 0.4) is 0 Å². The smallest absolute Gasteiger partial charge is 0.154 e. The zero-order chi connectivity index (χ0) is 11.2. The Kier molecular flexibility index (Phi) is 1.93. The Bertz CT molecular complexity index is 525. The molecule has 0 radical (unpaired) electrons. The van der Waals surface area contributed by atoms with Crippen LogP contribution >= 0.6 is 0 Å². The molecule has 2 aromatic rings. The largest absolute Gasteiger partial charge is 0.363 e. The lowest BCUT2D eigenvalue weighted by Crippen LogP contribution is -2.41. The number of hydrogen-bond donors (Lipinski definition) is 1. The second-order valence-electron chi connectivity index (χ2n) is 4.92. The number of hydrogen-bond acceptors (Lipinski definition) is 3. The van der Waals surface area contributed by atoms with Crippen molar-refractivity contribution < 1.29 is 0 Å². The van der Waals surface area contributed by atoms with Crippen LogP contribution in [0.5, 0.6) is 0 Å². The molecule has 3 rings (SSSR count). The minimum atomic E-state index is 0.221. The summed E-state index contributed by atoms with van der Waals surface area (Å²) in [5.74, 6) is 0.917. The second-order valence-corrected chi connectivity index (χ2v) is 4.92. The predicted octanol–water partition coefficient (Wildman–Crippen LogP) is 2.32. The van der Waals surface area contributed by atoms with E-state index in [9.17, 15) is 0 Å². The molecule has 0 atom stereocenters. The Hall–Kier alpha value is -1.58. The summed E-state index contributed by atoms with van der Waals surface area (Å²) in [5.41, 5.74) is 2.32. The molecule has 2 aromatic heterocycles. The van der Waals surface area contributed by atoms with E-state index in [4.69, 9.17) is 0 Å². The number of nitrogens with zero attached hydrogens (tertiary/aromatic N) is 3. The van der Waals surface area contributed by atoms with Gasteiger partial charge in [0.25, 0.3) is 0 Å². The van der Waals surface area contributed by atoms with Crippen molar-refractivity contribution in [2.45, 2.75) is 31.7 Å². The van der Waals surface area contributed by atoms with Gasteiger partial charge in [0.05, 0.1) is 11.8 Å². The fourth-order valence-corrected chi connectivity index (χ4v) is 2.27. The van der Waals surface area contributed by atoms with Crippen LogP contribution in [0.25, 0.3) is 11.0 Å². The first-order valence-corrected chi connectivity index (χ1v) is 5.72. The Morgan fingerprint density at radius 2 is 2.19 bits per heavy atom. The number of fused-ring (bicyclic) bond motifs is 1. The van der Waals surface area contributed by atoms with Crippen LogP contribution in [0.15, 0.2) is 18.6 Å². The number of anilines is 1. The predicted molar refractivity (Wildman–Crippen MR) is 64.4 cm³/mol. The summed E-state index contributed by atoms with van der Waals surface area (Å²) in [4.78, 5) is 8.80. The fourth-order valence-electron chi connectivity index (χ4n) is 2.27. The van der Waals surface area contributed by atoms with Gasteiger partial charge in [-0.25, -0.2) is 9.97 Å². The first-order chi connectivity index (χ1) is 7.68. The molecule has 1 aliphatic carbocycles. The monoisotopic (exact) mass is 216 g/mol. The maximum Gasteiger partial charge on any atom is 0.154 e. The molecule has 1 N–H and O–H groups in total. The van der Waals surface area contributed by atoms with Crippen LogP contribution in [0, 0.1) is 0 Å². The number of nitrogens with one attached hydrogen (secondary N) is 1. The quantitative estimate of drug-likeness (QED) is 0.837. The van der Waals surface area contributed by atoms with Gasteiger partial charge < -0.3 is 9.88 Å². The molecule has 16 heavy (non-hydrogen) atoms. The van der Waals surface area contributed by atoms with Crippen LogP contribution in [-0.2, 0) is 7.05 Å². The van der Waals surface area contributed by atoms with Crippen LogP contribution in [-0.4, -0.2) is 20.1 Å². The molecule has 2 heterocycles. The van der Waals surface area contributed by atoms with Gasteiger partial charge >= 0.3 is 0 Å². The molecule has 0 aliphatic heterocycles. The van der Waals surface area contributed by atoms with Crippen molar-refractivity contribution in [2.75, 3.05) is 5.32 Å². The molecule has 4 nitrogen and oxygen atoms in total. The molecule has 0 amide bonds. The molecular formula is C12H16N4. The summed E-state index contributed by atoms with van der Waals surface area (Å²) in [7, 11) is 2.00. The van der Waals surface area contributed by atoms with E-state index < -0.39 is 0 Å². The highest BCUT2D eigenvalue weighted by Crippen LogP contribution is 2.35. The number of imidazole rings is 1. The number of pyridine rings is 1. The zero-order valence-electron chi connectivity index (χ0n) is 9.70. The average molecular weight is 216 g/mol. The third-order valence-corrected chi connectivity index (χ3v) is 3.52. The van der Waals surface area contributed by atoms with Gasteiger partial charge in [-0.2, -0.15) is 0 Å². The second kappa shape index (κ2) is 3.20. The van der Waals surface area contributed by atoms with Crippen molar-refractivity contribution in [1.29, 1.82) is 0 Å². The summed E-state index contributed by atoms with van der Waals surface area (Å²) in [6.45, 7) is 2.25. The van der Waals surface area contributed by atoms with Crippen molar-refractivity contribution in [3.05, 3.63) is 18.6 Å². The summed E-state index contributed by atoms with van der Waals surface area (Å²) in [5, 5.41) is 3.52. The lowest BCUT2D eigenvalue weighted by molar-refractivity contribution is 0.306. The minimum absolute atomic E-state index is 0.221. The van der Waals surface area contributed by atoms with E-state index in [1.54, 1.807) is 0 Å². The lowest BCUT2D eigenvalue weighted by Gasteiger charge is -2.39. The first-order valence-electron chi connectivity index (χ1n) is 5.72. The van der Waals surface area contributed by atoms with Gasteiger partial charge in [-0.05, 0) is 32.3 Å². The first kappa shape index (κ1) is 9.63. The number of aromatic nitrogens is 3. The van der Waals surface area contributed by atoms with E-state index in [1.807, 2.05) is 30.2 Å². The summed E-state index contributed by atoms with van der Waals surface area (Å²) >= 11 is 0. The summed E-state index contributed by atoms with van der Waals surface area (Å²) in [6.07, 6.45) is 7.42. The molecule has 1 aliphatic rings. The van der Waals surface area contributed by atoms with Crippen molar-refractivity contribution >= 4 is 16.9 Å². The van der Waals surface area contributed by atoms with E-state index in [0.717, 1.165) is 16.9 Å². The van der Waals surface area contributed by atoms with Crippen LogP contribution in [0.4, 0.5) is 5.82 Å². The molecular weight excluding hydrogens is 200 g/mol. The van der Waals surface area contributed by atoms with Crippen molar-refractivity contribution in [3.8, 4) is 0 Å². The van der Waals surface area contributed by atoms with E-state index in [2.05, 4.69) is 22.2 Å². The molecule has 4 heteroatoms. The lowest BCUT2D eigenvalue weighted by atomic mass is 9.78. The van der Waals surface area contributed by atoms with Gasteiger partial charge in [0.2, 0.25) is 0 Å². The van der Waals surface area contributed by atoms with Crippen molar-refractivity contribution in [1.82, 2.24) is 14.5 Å². The minimum Gasteiger partial charge on any atom is -0.363 e. The third kappa shape index (κ3) is 1.37. The van der Waals surface area contributed by atoms with Gasteiger partial charge in [-0.3, -0.25) is 0 Å². The Morgan fingerprint density at radius 3 is 2.88 bits per heavy atom. The van der Waals surface area contributed by atoms with Gasteiger partial charge in [0.15, 0.2) is 5.82 Å². The van der Waals surface area contributed by atoms with Crippen LogP contribution in [0.1, 0.15) is 26.2 Å². The van der Waals surface area contributed by atoms with Crippen molar-refractivity contribution in [3.63, 3.8) is 0 Å². The normalized spacial score (nSPS) is 18.4. The van der Waals surface area contributed by atoms with Crippen LogP contribution in [0.2, 0.25) is 0 Å². The van der Waals surface area contributed by atoms with E-state index in [-0.39, 0.29) is 5.54 Å². The van der Waals surface area contributed by atoms with Gasteiger partial charge in [0.1, 0.15) is 5.52 Å². The zero-order valence-corrected chi connectivity index (χ0v) is 9.70. The summed E-state index contributed by atoms with van der Waals surface area (Å²) in [6, 6.07) is 2.00. The van der Waals surface area contributed by atoms with Gasteiger partial charge in [-0.1, -0.05) is 0 Å². The van der Waals surface area contributed by atoms with Gasteiger partial charge in [-0.15, -0.1) is 0 Å². The molecule has 0 spiro atoms. The molecule has 0 saturated heterocycles. The highest BCUT2D eigenvalue weighted by Gasteiger charge is 2.32. The highest BCUT2D eigenvalue weighted by atomic mass is 15.1. The molecule has 1 fully saturated rings. The highest BCUT2D eigenvalue weighted by molar-refractivity contribution is 5.86. The topological polar surface area (TPSA) is 42.7 Å². The maximum absolute atomic E-state index is 4.40. The molecule has 1 saturated carbocycles. The maximum atomic E-state index is 4.40. The van der Waals surface area contributed by atoms with E-state index in [0.29, 0.717) is 0 Å². The molecule has 0 bridgehead atoms. The van der Waals surface area contributed by atoms with E-state index >= 15 is 0 Å². The van der Waals surface area contributed by atoms with Crippen molar-refractivity contribution in [2.24, 2.45) is 7.05 Å². The number of aryl methyl sites for hydroxylation is 1. The fraction of sp³-hybridized carbons (Fsp3) is 0.500. The SMILES string of the molecule is Cn1cnc2c(NC3(C)CCC3)nccc21. The number of rotatable bonds is 2. The Balaban J connectivity index is 2.03. The standard InChI is InChI=1S/C12H16N4/c1-12(5-3-6-12)15-11-10-9(4-7-13-11)16(2)8-14-10/h4,7-8H,3,5-6H2,1-2H3,(H,13,15). The molecule has 0 aromatic carbocycles. The van der Waals surface area contributed by atoms with E-state index in [1.165, 1.54) is 19.3 Å². The Morgan fingerprint density at radius 1 is 1.38 bits per heavy atom. The third-order valence-electron chi connectivity index (χ3n) is 3.52. The Labute approximate surface area is 94.7 Å². The molecule has 0 unspecified atom stereocenters.